The molecule has 0 bridgehead atoms. The Morgan fingerprint density at radius 2 is 2.05 bits per heavy atom. The third-order valence-electron chi connectivity index (χ3n) is 3.00. The Kier molecular flexibility index (Phi) is 4.39. The standard InChI is InChI=1S/C12H11ClN2O6/c13-6-1-2-7(8(5-6)15(19)20)14-11(16)9-3-4-10(21-9)12(17)18/h1-2,5,9-10H,3-4H2,(H,14,16)(H,17,18). The molecular formula is C12H11ClN2O6. The summed E-state index contributed by atoms with van der Waals surface area (Å²) in [7, 11) is 0. The zero-order valence-electron chi connectivity index (χ0n) is 10.6. The molecule has 2 rings (SSSR count). The fraction of sp³-hybridized carbons (Fsp3) is 0.333. The van der Waals surface area contributed by atoms with Crippen molar-refractivity contribution in [2.45, 2.75) is 25.0 Å². The van der Waals surface area contributed by atoms with Gasteiger partial charge in [-0.1, -0.05) is 11.6 Å². The number of nitrogens with one attached hydrogen (secondary N) is 1. The number of carbonyl (C=O) groups excluding carboxylic acids is 1. The van der Waals surface area contributed by atoms with E-state index in [-0.39, 0.29) is 29.2 Å². The second-order valence-corrected chi connectivity index (χ2v) is 4.87. The Bertz CT molecular complexity index is 605. The van der Waals surface area contributed by atoms with Crippen LogP contribution in [0.2, 0.25) is 5.02 Å². The molecule has 1 aliphatic rings. The maximum atomic E-state index is 12.0. The summed E-state index contributed by atoms with van der Waals surface area (Å²) < 4.78 is 5.07. The zero-order valence-corrected chi connectivity index (χ0v) is 11.4. The van der Waals surface area contributed by atoms with Crippen LogP contribution in [0, 0.1) is 10.1 Å². The van der Waals surface area contributed by atoms with Crippen LogP contribution >= 0.6 is 11.6 Å². The number of benzene rings is 1. The van der Waals surface area contributed by atoms with Gasteiger partial charge in [0.05, 0.1) is 4.92 Å². The van der Waals surface area contributed by atoms with E-state index in [4.69, 9.17) is 21.4 Å². The smallest absolute Gasteiger partial charge is 0.332 e. The molecular weight excluding hydrogens is 304 g/mol. The van der Waals surface area contributed by atoms with Gasteiger partial charge < -0.3 is 15.2 Å². The van der Waals surface area contributed by atoms with Crippen LogP contribution in [0.1, 0.15) is 12.8 Å². The van der Waals surface area contributed by atoms with Crippen molar-refractivity contribution in [3.8, 4) is 0 Å². The topological polar surface area (TPSA) is 119 Å². The van der Waals surface area contributed by atoms with Crippen LogP contribution in [0.4, 0.5) is 11.4 Å². The second kappa shape index (κ2) is 6.06. The number of nitrogens with zero attached hydrogens (tertiary/aromatic N) is 1. The van der Waals surface area contributed by atoms with E-state index in [9.17, 15) is 19.7 Å². The Labute approximate surface area is 123 Å². The van der Waals surface area contributed by atoms with Gasteiger partial charge in [0.1, 0.15) is 11.8 Å². The molecule has 0 spiro atoms. The van der Waals surface area contributed by atoms with Gasteiger partial charge in [-0.3, -0.25) is 14.9 Å². The highest BCUT2D eigenvalue weighted by atomic mass is 35.5. The molecule has 1 heterocycles. The molecule has 2 N–H and O–H groups in total. The summed E-state index contributed by atoms with van der Waals surface area (Å²) in [5.74, 6) is -1.76. The number of carbonyl (C=O) groups is 2. The predicted molar refractivity (Wildman–Crippen MR) is 72.3 cm³/mol. The Morgan fingerprint density at radius 1 is 1.38 bits per heavy atom. The maximum Gasteiger partial charge on any atom is 0.332 e. The molecule has 0 aromatic heterocycles. The minimum Gasteiger partial charge on any atom is -0.479 e. The van der Waals surface area contributed by atoms with E-state index < -0.39 is 29.0 Å². The molecule has 1 amide bonds. The van der Waals surface area contributed by atoms with Crippen molar-refractivity contribution >= 4 is 34.9 Å². The van der Waals surface area contributed by atoms with E-state index >= 15 is 0 Å². The number of anilines is 1. The largest absolute Gasteiger partial charge is 0.479 e. The predicted octanol–water partition coefficient (Wildman–Crippen LogP) is 1.82. The molecule has 1 aromatic rings. The summed E-state index contributed by atoms with van der Waals surface area (Å²) >= 11 is 5.67. The highest BCUT2D eigenvalue weighted by Crippen LogP contribution is 2.29. The van der Waals surface area contributed by atoms with Crippen LogP contribution < -0.4 is 5.32 Å². The number of ether oxygens (including phenoxy) is 1. The third kappa shape index (κ3) is 3.47. The average Bonchev–Trinajstić information content (AvgIpc) is 2.90. The van der Waals surface area contributed by atoms with Crippen LogP contribution in [-0.2, 0) is 14.3 Å². The molecule has 21 heavy (non-hydrogen) atoms. The number of nitro benzene ring substituents is 1. The van der Waals surface area contributed by atoms with Crippen molar-refractivity contribution in [1.82, 2.24) is 0 Å². The normalized spacial score (nSPS) is 21.0. The molecule has 112 valence electrons. The minimum absolute atomic E-state index is 0.0169. The highest BCUT2D eigenvalue weighted by Gasteiger charge is 2.35. The van der Waals surface area contributed by atoms with Crippen molar-refractivity contribution in [1.29, 1.82) is 0 Å². The van der Waals surface area contributed by atoms with Crippen LogP contribution in [0.25, 0.3) is 0 Å². The van der Waals surface area contributed by atoms with Crippen LogP contribution in [0.15, 0.2) is 18.2 Å². The average molecular weight is 315 g/mol. The molecule has 0 saturated carbocycles. The van der Waals surface area contributed by atoms with E-state index in [1.807, 2.05) is 0 Å². The fourth-order valence-electron chi connectivity index (χ4n) is 1.99. The molecule has 2 atom stereocenters. The lowest BCUT2D eigenvalue weighted by molar-refractivity contribution is -0.383. The molecule has 1 aromatic carbocycles. The lowest BCUT2D eigenvalue weighted by atomic mass is 10.2. The summed E-state index contributed by atoms with van der Waals surface area (Å²) in [6.07, 6.45) is -1.51. The van der Waals surface area contributed by atoms with Gasteiger partial charge in [0.15, 0.2) is 6.10 Å². The third-order valence-corrected chi connectivity index (χ3v) is 3.24. The molecule has 1 aliphatic heterocycles. The van der Waals surface area contributed by atoms with E-state index in [0.717, 1.165) is 6.07 Å². The number of hydrogen-bond donors (Lipinski definition) is 2. The summed E-state index contributed by atoms with van der Waals surface area (Å²) in [5.41, 5.74) is -0.361. The zero-order chi connectivity index (χ0) is 15.6. The van der Waals surface area contributed by atoms with Crippen LogP contribution in [-0.4, -0.2) is 34.1 Å². The monoisotopic (exact) mass is 314 g/mol. The van der Waals surface area contributed by atoms with Gasteiger partial charge in [-0.15, -0.1) is 0 Å². The first-order valence-electron chi connectivity index (χ1n) is 6.01. The molecule has 0 aliphatic carbocycles. The van der Waals surface area contributed by atoms with Gasteiger partial charge in [0.2, 0.25) is 0 Å². The lowest BCUT2D eigenvalue weighted by Crippen LogP contribution is -2.30. The molecule has 9 heteroatoms. The maximum absolute atomic E-state index is 12.0. The van der Waals surface area contributed by atoms with Crippen LogP contribution in [0.5, 0.6) is 0 Å². The van der Waals surface area contributed by atoms with E-state index in [1.165, 1.54) is 12.1 Å². The van der Waals surface area contributed by atoms with Gasteiger partial charge in [-0.25, -0.2) is 4.79 Å². The van der Waals surface area contributed by atoms with Gasteiger partial charge in [-0.2, -0.15) is 0 Å². The number of rotatable bonds is 4. The lowest BCUT2D eigenvalue weighted by Gasteiger charge is -2.12. The van der Waals surface area contributed by atoms with Crippen molar-refractivity contribution in [2.24, 2.45) is 0 Å². The van der Waals surface area contributed by atoms with Crippen molar-refractivity contribution < 1.29 is 24.4 Å². The molecule has 1 fully saturated rings. The van der Waals surface area contributed by atoms with E-state index in [2.05, 4.69) is 5.32 Å². The van der Waals surface area contributed by atoms with Crippen molar-refractivity contribution in [3.05, 3.63) is 33.3 Å². The fourth-order valence-corrected chi connectivity index (χ4v) is 2.15. The van der Waals surface area contributed by atoms with Gasteiger partial charge >= 0.3 is 5.97 Å². The Morgan fingerprint density at radius 3 is 2.62 bits per heavy atom. The number of halogens is 1. The van der Waals surface area contributed by atoms with Gasteiger partial charge in [-0.05, 0) is 25.0 Å². The SMILES string of the molecule is O=C(O)C1CCC(C(=O)Nc2ccc(Cl)cc2[N+](=O)[O-])O1. The number of carboxylic acids is 1. The molecule has 1 saturated heterocycles. The van der Waals surface area contributed by atoms with E-state index in [0.29, 0.717) is 0 Å². The summed E-state index contributed by atoms with van der Waals surface area (Å²) in [6, 6.07) is 3.83. The number of amides is 1. The summed E-state index contributed by atoms with van der Waals surface area (Å²) in [4.78, 5) is 32.9. The quantitative estimate of drug-likeness (QED) is 0.646. The number of carboxylic acid groups (broad SMARTS) is 1. The van der Waals surface area contributed by atoms with Crippen molar-refractivity contribution in [2.75, 3.05) is 5.32 Å². The summed E-state index contributed by atoms with van der Waals surface area (Å²) in [6.45, 7) is 0. The Balaban J connectivity index is 2.10. The van der Waals surface area contributed by atoms with Gasteiger partial charge in [0, 0.05) is 11.1 Å². The highest BCUT2D eigenvalue weighted by molar-refractivity contribution is 6.31. The Hall–Kier alpha value is -2.19. The minimum atomic E-state index is -1.14. The van der Waals surface area contributed by atoms with Crippen LogP contribution in [0.3, 0.4) is 0 Å². The number of hydrogen-bond acceptors (Lipinski definition) is 5. The first-order chi connectivity index (χ1) is 9.88. The van der Waals surface area contributed by atoms with Crippen molar-refractivity contribution in [3.63, 3.8) is 0 Å². The first-order valence-corrected chi connectivity index (χ1v) is 6.39. The number of aliphatic carboxylic acids is 1. The number of nitro groups is 1. The second-order valence-electron chi connectivity index (χ2n) is 4.44. The molecule has 2 unspecified atom stereocenters. The first kappa shape index (κ1) is 15.2. The van der Waals surface area contributed by atoms with E-state index in [1.54, 1.807) is 0 Å². The molecule has 8 nitrogen and oxygen atoms in total. The molecule has 0 radical (unpaired) electrons. The van der Waals surface area contributed by atoms with Gasteiger partial charge in [0.25, 0.3) is 11.6 Å². The summed E-state index contributed by atoms with van der Waals surface area (Å²) in [5, 5.41) is 22.2.